The van der Waals surface area contributed by atoms with E-state index in [4.69, 9.17) is 9.47 Å². The van der Waals surface area contributed by atoms with Crippen molar-refractivity contribution in [3.63, 3.8) is 0 Å². The van der Waals surface area contributed by atoms with Crippen molar-refractivity contribution < 1.29 is 27.0 Å². The molecule has 2 aromatic rings. The van der Waals surface area contributed by atoms with Gasteiger partial charge in [0, 0.05) is 35.7 Å². The molecule has 0 spiro atoms. The molecule has 0 aliphatic rings. The van der Waals surface area contributed by atoms with Crippen molar-refractivity contribution >= 4 is 15.9 Å². The van der Waals surface area contributed by atoms with Crippen LogP contribution in [0.3, 0.4) is 0 Å². The standard InChI is InChI=1S/C22H27BrF4N2O2/c1-15(2)29-8-10-30-9-7-28-13-17-12-18(23)4-6-21(17)31-14-16-3-5-20(24)19(11-16)22(25,26)27/h3-6,11-12,15,28-29H,7-10,13-14H2,1-2H3. The number of alkyl halides is 3. The maximum Gasteiger partial charge on any atom is 0.419 e. The molecule has 172 valence electrons. The van der Waals surface area contributed by atoms with Gasteiger partial charge in [-0.2, -0.15) is 13.2 Å². The molecule has 0 aromatic heterocycles. The number of rotatable bonds is 12. The van der Waals surface area contributed by atoms with E-state index in [1.54, 1.807) is 12.1 Å². The third kappa shape index (κ3) is 9.14. The quantitative estimate of drug-likeness (QED) is 0.303. The zero-order valence-electron chi connectivity index (χ0n) is 17.5. The summed E-state index contributed by atoms with van der Waals surface area (Å²) < 4.78 is 64.3. The van der Waals surface area contributed by atoms with Gasteiger partial charge < -0.3 is 20.1 Å². The molecule has 0 bridgehead atoms. The molecule has 0 saturated carbocycles. The number of hydrogen-bond acceptors (Lipinski definition) is 4. The van der Waals surface area contributed by atoms with Gasteiger partial charge in [0.05, 0.1) is 18.8 Å². The lowest BCUT2D eigenvalue weighted by atomic mass is 10.1. The summed E-state index contributed by atoms with van der Waals surface area (Å²) in [5.41, 5.74) is -0.220. The molecule has 2 rings (SSSR count). The van der Waals surface area contributed by atoms with Crippen molar-refractivity contribution in [2.45, 2.75) is 39.2 Å². The van der Waals surface area contributed by atoms with E-state index in [1.165, 1.54) is 6.07 Å². The van der Waals surface area contributed by atoms with Crippen LogP contribution in [0.15, 0.2) is 40.9 Å². The molecule has 2 aromatic carbocycles. The van der Waals surface area contributed by atoms with Crippen molar-refractivity contribution in [3.8, 4) is 5.75 Å². The number of nitrogens with one attached hydrogen (secondary N) is 2. The SMILES string of the molecule is CC(C)NCCOCCNCc1cc(Br)ccc1OCc1ccc(F)c(C(F)(F)F)c1. The molecule has 0 aliphatic heterocycles. The monoisotopic (exact) mass is 506 g/mol. The Morgan fingerprint density at radius 3 is 2.48 bits per heavy atom. The van der Waals surface area contributed by atoms with E-state index in [9.17, 15) is 17.6 Å². The zero-order valence-corrected chi connectivity index (χ0v) is 19.1. The van der Waals surface area contributed by atoms with Crippen molar-refractivity contribution in [1.82, 2.24) is 10.6 Å². The molecule has 0 atom stereocenters. The van der Waals surface area contributed by atoms with Gasteiger partial charge in [0.2, 0.25) is 0 Å². The molecule has 0 radical (unpaired) electrons. The first-order chi connectivity index (χ1) is 14.7. The predicted octanol–water partition coefficient (Wildman–Crippen LogP) is 5.29. The van der Waals surface area contributed by atoms with Crippen LogP contribution in [0.1, 0.15) is 30.5 Å². The second-order valence-corrected chi connectivity index (χ2v) is 8.17. The van der Waals surface area contributed by atoms with Crippen LogP contribution in [-0.2, 0) is 24.1 Å². The Morgan fingerprint density at radius 2 is 1.77 bits per heavy atom. The smallest absolute Gasteiger partial charge is 0.419 e. The lowest BCUT2D eigenvalue weighted by Gasteiger charge is -2.14. The predicted molar refractivity (Wildman–Crippen MR) is 116 cm³/mol. The van der Waals surface area contributed by atoms with Gasteiger partial charge in [-0.25, -0.2) is 4.39 Å². The molecule has 9 heteroatoms. The highest BCUT2D eigenvalue weighted by molar-refractivity contribution is 9.10. The summed E-state index contributed by atoms with van der Waals surface area (Å²) in [5, 5.41) is 6.53. The molecular formula is C22H27BrF4N2O2. The second-order valence-electron chi connectivity index (χ2n) is 7.25. The molecule has 0 aliphatic carbocycles. The summed E-state index contributed by atoms with van der Waals surface area (Å²) in [6.07, 6.45) is -4.75. The highest BCUT2D eigenvalue weighted by Crippen LogP contribution is 2.32. The lowest BCUT2D eigenvalue weighted by molar-refractivity contribution is -0.140. The van der Waals surface area contributed by atoms with Gasteiger partial charge >= 0.3 is 6.18 Å². The third-order valence-corrected chi connectivity index (χ3v) is 4.78. The minimum Gasteiger partial charge on any atom is -0.489 e. The van der Waals surface area contributed by atoms with Crippen molar-refractivity contribution in [2.75, 3.05) is 26.3 Å². The van der Waals surface area contributed by atoms with Crippen LogP contribution in [0, 0.1) is 5.82 Å². The normalized spacial score (nSPS) is 11.9. The van der Waals surface area contributed by atoms with Crippen LogP contribution >= 0.6 is 15.9 Å². The molecule has 0 unspecified atom stereocenters. The summed E-state index contributed by atoms with van der Waals surface area (Å²) in [6.45, 7) is 7.16. The number of hydrogen-bond donors (Lipinski definition) is 2. The topological polar surface area (TPSA) is 42.5 Å². The van der Waals surface area contributed by atoms with Crippen LogP contribution < -0.4 is 15.4 Å². The molecule has 2 N–H and O–H groups in total. The van der Waals surface area contributed by atoms with E-state index < -0.39 is 17.6 Å². The van der Waals surface area contributed by atoms with E-state index in [-0.39, 0.29) is 12.2 Å². The van der Waals surface area contributed by atoms with Crippen molar-refractivity contribution in [1.29, 1.82) is 0 Å². The Morgan fingerprint density at radius 1 is 1.03 bits per heavy atom. The minimum absolute atomic E-state index is 0.107. The van der Waals surface area contributed by atoms with E-state index in [1.807, 2.05) is 6.07 Å². The van der Waals surface area contributed by atoms with Crippen LogP contribution in [0.5, 0.6) is 5.75 Å². The van der Waals surface area contributed by atoms with Crippen LogP contribution in [0.25, 0.3) is 0 Å². The first-order valence-corrected chi connectivity index (χ1v) is 10.7. The molecular weight excluding hydrogens is 480 g/mol. The fraction of sp³-hybridized carbons (Fsp3) is 0.455. The number of halogens is 5. The largest absolute Gasteiger partial charge is 0.489 e. The minimum atomic E-state index is -4.75. The average Bonchev–Trinajstić information content (AvgIpc) is 2.69. The van der Waals surface area contributed by atoms with Crippen molar-refractivity contribution in [2.24, 2.45) is 0 Å². The van der Waals surface area contributed by atoms with Gasteiger partial charge in [0.15, 0.2) is 0 Å². The lowest BCUT2D eigenvalue weighted by Crippen LogP contribution is -2.28. The van der Waals surface area contributed by atoms with Gasteiger partial charge in [0.25, 0.3) is 0 Å². The van der Waals surface area contributed by atoms with Crippen LogP contribution in [0.2, 0.25) is 0 Å². The third-order valence-electron chi connectivity index (χ3n) is 4.29. The fourth-order valence-corrected chi connectivity index (χ4v) is 3.17. The van der Waals surface area contributed by atoms with Crippen LogP contribution in [-0.4, -0.2) is 32.3 Å². The maximum atomic E-state index is 13.5. The first kappa shape index (κ1) is 25.6. The number of benzene rings is 2. The maximum absolute atomic E-state index is 13.5. The molecule has 4 nitrogen and oxygen atoms in total. The highest BCUT2D eigenvalue weighted by Gasteiger charge is 2.34. The van der Waals surface area contributed by atoms with Crippen molar-refractivity contribution in [3.05, 3.63) is 63.4 Å². The van der Waals surface area contributed by atoms with E-state index in [0.717, 1.165) is 28.7 Å². The van der Waals surface area contributed by atoms with E-state index >= 15 is 0 Å². The Kier molecular flexibility index (Phi) is 10.2. The summed E-state index contributed by atoms with van der Waals surface area (Å²) in [6, 6.07) is 8.69. The fourth-order valence-electron chi connectivity index (χ4n) is 2.76. The Labute approximate surface area is 188 Å². The van der Waals surface area contributed by atoms with Gasteiger partial charge in [-0.3, -0.25) is 0 Å². The Balaban J connectivity index is 1.88. The van der Waals surface area contributed by atoms with Gasteiger partial charge in [-0.05, 0) is 35.9 Å². The van der Waals surface area contributed by atoms with Gasteiger partial charge in [-0.1, -0.05) is 35.8 Å². The van der Waals surface area contributed by atoms with E-state index in [2.05, 4.69) is 40.4 Å². The summed E-state index contributed by atoms with van der Waals surface area (Å²) in [4.78, 5) is 0. The Bertz CT molecular complexity index is 832. The van der Waals surface area contributed by atoms with Crippen LogP contribution in [0.4, 0.5) is 17.6 Å². The molecule has 0 saturated heterocycles. The summed E-state index contributed by atoms with van der Waals surface area (Å²) >= 11 is 3.41. The van der Waals surface area contributed by atoms with Gasteiger partial charge in [-0.15, -0.1) is 0 Å². The summed E-state index contributed by atoms with van der Waals surface area (Å²) in [5.74, 6) is -0.761. The first-order valence-electron chi connectivity index (χ1n) is 9.95. The molecule has 0 amide bonds. The molecule has 31 heavy (non-hydrogen) atoms. The molecule has 0 heterocycles. The Hall–Kier alpha value is -1.68. The number of ether oxygens (including phenoxy) is 2. The molecule has 0 fully saturated rings. The van der Waals surface area contributed by atoms with Gasteiger partial charge in [0.1, 0.15) is 18.2 Å². The average molecular weight is 507 g/mol. The highest BCUT2D eigenvalue weighted by atomic mass is 79.9. The summed E-state index contributed by atoms with van der Waals surface area (Å²) in [7, 11) is 0. The second kappa shape index (κ2) is 12.4. The van der Waals surface area contributed by atoms with E-state index in [0.29, 0.717) is 38.1 Å². The zero-order chi connectivity index (χ0) is 22.9.